The molecule has 1 unspecified atom stereocenters. The highest BCUT2D eigenvalue weighted by Crippen LogP contribution is 2.27. The van der Waals surface area contributed by atoms with Crippen molar-refractivity contribution in [3.05, 3.63) is 70.5 Å². The molecule has 0 radical (unpaired) electrons. The van der Waals surface area contributed by atoms with Gasteiger partial charge in [0.25, 0.3) is 5.91 Å². The second-order valence-electron chi connectivity index (χ2n) is 8.38. The summed E-state index contributed by atoms with van der Waals surface area (Å²) in [7, 11) is 0. The molecule has 34 heavy (non-hydrogen) atoms. The van der Waals surface area contributed by atoms with Crippen molar-refractivity contribution in [2.24, 2.45) is 0 Å². The van der Waals surface area contributed by atoms with E-state index in [1.807, 2.05) is 19.9 Å². The van der Waals surface area contributed by atoms with Gasteiger partial charge in [0.1, 0.15) is 6.04 Å². The largest absolute Gasteiger partial charge is 0.323 e. The minimum atomic E-state index is -0.511. The molecule has 1 aliphatic rings. The molecular weight excluding hydrogens is 454 g/mol. The lowest BCUT2D eigenvalue weighted by molar-refractivity contribution is -0.119. The van der Waals surface area contributed by atoms with Crippen LogP contribution in [-0.2, 0) is 9.59 Å². The van der Waals surface area contributed by atoms with E-state index in [0.29, 0.717) is 34.9 Å². The van der Waals surface area contributed by atoms with Gasteiger partial charge in [0.2, 0.25) is 11.8 Å². The summed E-state index contributed by atoms with van der Waals surface area (Å²) in [5.74, 6) is -0.449. The summed E-state index contributed by atoms with van der Waals surface area (Å²) in [5, 5.41) is 10.3. The highest BCUT2D eigenvalue weighted by molar-refractivity contribution is 6.34. The number of benzene rings is 2. The minimum absolute atomic E-state index is 0.100. The van der Waals surface area contributed by atoms with Gasteiger partial charge in [-0.25, -0.2) is 0 Å². The number of carbonyl (C=O) groups is 3. The number of rotatable bonds is 6. The summed E-state index contributed by atoms with van der Waals surface area (Å²) in [6, 6.07) is 13.2. The van der Waals surface area contributed by atoms with Crippen LogP contribution in [0.4, 0.5) is 17.1 Å². The van der Waals surface area contributed by atoms with Crippen molar-refractivity contribution < 1.29 is 14.4 Å². The van der Waals surface area contributed by atoms with E-state index in [2.05, 4.69) is 15.7 Å². The van der Waals surface area contributed by atoms with E-state index >= 15 is 0 Å². The number of hydrogen-bond donors (Lipinski definition) is 2. The van der Waals surface area contributed by atoms with Crippen LogP contribution in [-0.4, -0.2) is 34.0 Å². The van der Waals surface area contributed by atoms with Gasteiger partial charge in [0.05, 0.1) is 16.4 Å². The molecule has 2 heterocycles. The van der Waals surface area contributed by atoms with Crippen LogP contribution in [0, 0.1) is 13.8 Å². The molecule has 9 heteroatoms. The first kappa shape index (κ1) is 23.5. The van der Waals surface area contributed by atoms with Crippen LogP contribution in [0.1, 0.15) is 47.6 Å². The number of carbonyl (C=O) groups excluding carboxylic acids is 3. The Morgan fingerprint density at radius 2 is 1.79 bits per heavy atom. The van der Waals surface area contributed by atoms with Crippen molar-refractivity contribution in [1.82, 2.24) is 9.78 Å². The number of halogens is 1. The molecule has 4 rings (SSSR count). The molecule has 1 aromatic heterocycles. The Bertz CT molecular complexity index is 1250. The van der Waals surface area contributed by atoms with E-state index < -0.39 is 6.04 Å². The van der Waals surface area contributed by atoms with Crippen LogP contribution in [0.5, 0.6) is 0 Å². The molecule has 1 aliphatic heterocycles. The summed E-state index contributed by atoms with van der Waals surface area (Å²) >= 11 is 6.37. The molecule has 1 saturated heterocycles. The third-order valence-corrected chi connectivity index (χ3v) is 6.10. The Labute approximate surface area is 202 Å². The standard InChI is InChI=1S/C25H26ClN5O3/c1-15-13-16(2)31(29-15)17(3)24(33)28-22-11-8-19(14-21(22)26)27-25(34)18-6-9-20(10-7-18)30-12-4-5-23(30)32/h6-11,13-14,17H,4-5,12H2,1-3H3,(H,27,34)(H,28,33). The van der Waals surface area contributed by atoms with Crippen molar-refractivity contribution in [1.29, 1.82) is 0 Å². The van der Waals surface area contributed by atoms with Crippen LogP contribution in [0.3, 0.4) is 0 Å². The fourth-order valence-corrected chi connectivity index (χ4v) is 4.23. The normalized spacial score (nSPS) is 14.2. The van der Waals surface area contributed by atoms with Gasteiger partial charge in [-0.1, -0.05) is 11.6 Å². The zero-order valence-corrected chi connectivity index (χ0v) is 20.0. The summed E-state index contributed by atoms with van der Waals surface area (Å²) < 4.78 is 1.66. The first-order valence-corrected chi connectivity index (χ1v) is 11.5. The van der Waals surface area contributed by atoms with Crippen LogP contribution in [0.2, 0.25) is 5.02 Å². The van der Waals surface area contributed by atoms with Gasteiger partial charge in [-0.2, -0.15) is 5.10 Å². The maximum atomic E-state index is 12.7. The maximum Gasteiger partial charge on any atom is 0.255 e. The molecule has 0 bridgehead atoms. The maximum absolute atomic E-state index is 12.7. The van der Waals surface area contributed by atoms with Crippen molar-refractivity contribution in [2.75, 3.05) is 22.1 Å². The smallest absolute Gasteiger partial charge is 0.255 e. The topological polar surface area (TPSA) is 96.3 Å². The Morgan fingerprint density at radius 3 is 2.38 bits per heavy atom. The predicted molar refractivity (Wildman–Crippen MR) is 132 cm³/mol. The number of nitrogens with zero attached hydrogens (tertiary/aromatic N) is 3. The molecule has 176 valence electrons. The molecule has 3 aromatic rings. The second-order valence-corrected chi connectivity index (χ2v) is 8.79. The van der Waals surface area contributed by atoms with E-state index in [1.54, 1.807) is 59.0 Å². The first-order valence-electron chi connectivity index (χ1n) is 11.1. The average molecular weight is 480 g/mol. The molecule has 1 atom stereocenters. The summed E-state index contributed by atoms with van der Waals surface area (Å²) in [6.45, 7) is 6.24. The van der Waals surface area contributed by atoms with Gasteiger partial charge in [-0.15, -0.1) is 0 Å². The Morgan fingerprint density at radius 1 is 1.06 bits per heavy atom. The van der Waals surface area contributed by atoms with Crippen molar-refractivity contribution in [3.63, 3.8) is 0 Å². The Kier molecular flexibility index (Phi) is 6.70. The van der Waals surface area contributed by atoms with Crippen LogP contribution < -0.4 is 15.5 Å². The molecule has 1 fully saturated rings. The second kappa shape index (κ2) is 9.69. The zero-order valence-electron chi connectivity index (χ0n) is 19.3. The average Bonchev–Trinajstić information content (AvgIpc) is 3.39. The fourth-order valence-electron chi connectivity index (χ4n) is 4.00. The summed E-state index contributed by atoms with van der Waals surface area (Å²) in [5.41, 5.74) is 3.93. The van der Waals surface area contributed by atoms with Gasteiger partial charge in [-0.05, 0) is 75.7 Å². The van der Waals surface area contributed by atoms with Gasteiger partial charge >= 0.3 is 0 Å². The van der Waals surface area contributed by atoms with Crippen molar-refractivity contribution in [3.8, 4) is 0 Å². The molecule has 8 nitrogen and oxygen atoms in total. The van der Waals surface area contributed by atoms with Crippen molar-refractivity contribution >= 4 is 46.4 Å². The van der Waals surface area contributed by atoms with Crippen LogP contribution >= 0.6 is 11.6 Å². The molecule has 2 N–H and O–H groups in total. The van der Waals surface area contributed by atoms with E-state index in [-0.39, 0.29) is 17.7 Å². The lowest BCUT2D eigenvalue weighted by Crippen LogP contribution is -2.25. The number of hydrogen-bond acceptors (Lipinski definition) is 4. The van der Waals surface area contributed by atoms with E-state index in [0.717, 1.165) is 23.5 Å². The third kappa shape index (κ3) is 4.97. The fraction of sp³-hybridized carbons (Fsp3) is 0.280. The number of aryl methyl sites for hydroxylation is 2. The van der Waals surface area contributed by atoms with Gasteiger partial charge in [0, 0.05) is 35.6 Å². The summed E-state index contributed by atoms with van der Waals surface area (Å²) in [6.07, 6.45) is 1.40. The predicted octanol–water partition coefficient (Wildman–Crippen LogP) is 4.73. The molecule has 2 aromatic carbocycles. The SMILES string of the molecule is Cc1cc(C)n(C(C)C(=O)Nc2ccc(NC(=O)c3ccc(N4CCCC4=O)cc3)cc2Cl)n1. The molecular formula is C25H26ClN5O3. The number of aromatic nitrogens is 2. The number of amides is 3. The molecule has 3 amide bonds. The Hall–Kier alpha value is -3.65. The lowest BCUT2D eigenvalue weighted by Gasteiger charge is -2.16. The van der Waals surface area contributed by atoms with Crippen LogP contribution in [0.15, 0.2) is 48.5 Å². The van der Waals surface area contributed by atoms with Gasteiger partial charge in [0.15, 0.2) is 0 Å². The lowest BCUT2D eigenvalue weighted by atomic mass is 10.1. The van der Waals surface area contributed by atoms with E-state index in [9.17, 15) is 14.4 Å². The molecule has 0 aliphatic carbocycles. The molecule has 0 saturated carbocycles. The highest BCUT2D eigenvalue weighted by atomic mass is 35.5. The number of anilines is 3. The highest BCUT2D eigenvalue weighted by Gasteiger charge is 2.22. The van der Waals surface area contributed by atoms with E-state index in [4.69, 9.17) is 11.6 Å². The van der Waals surface area contributed by atoms with Gasteiger partial charge in [-0.3, -0.25) is 19.1 Å². The minimum Gasteiger partial charge on any atom is -0.323 e. The Balaban J connectivity index is 1.40. The van der Waals surface area contributed by atoms with E-state index in [1.165, 1.54) is 0 Å². The summed E-state index contributed by atoms with van der Waals surface area (Å²) in [4.78, 5) is 39.0. The third-order valence-electron chi connectivity index (χ3n) is 5.79. The first-order chi connectivity index (χ1) is 16.2. The van der Waals surface area contributed by atoms with Crippen LogP contribution in [0.25, 0.3) is 0 Å². The zero-order chi connectivity index (χ0) is 24.4. The molecule has 0 spiro atoms. The van der Waals surface area contributed by atoms with Gasteiger partial charge < -0.3 is 15.5 Å². The number of nitrogens with one attached hydrogen (secondary N) is 2. The monoisotopic (exact) mass is 479 g/mol. The quantitative estimate of drug-likeness (QED) is 0.534. The van der Waals surface area contributed by atoms with Crippen molar-refractivity contribution in [2.45, 2.75) is 39.7 Å².